The Hall–Kier alpha value is -3.06. The van der Waals surface area contributed by atoms with E-state index < -0.39 is 23.8 Å². The highest BCUT2D eigenvalue weighted by Crippen LogP contribution is 2.23. The summed E-state index contributed by atoms with van der Waals surface area (Å²) in [5.41, 5.74) is 0.561. The van der Waals surface area contributed by atoms with Crippen molar-refractivity contribution >= 4 is 12.2 Å². The van der Waals surface area contributed by atoms with Gasteiger partial charge in [-0.25, -0.2) is 9.59 Å². The van der Waals surface area contributed by atoms with E-state index in [1.807, 2.05) is 60.7 Å². The lowest BCUT2D eigenvalue weighted by Gasteiger charge is -2.45. The first-order valence-electron chi connectivity index (χ1n) is 10.00. The summed E-state index contributed by atoms with van der Waals surface area (Å²) in [6.45, 7) is 4.28. The molecule has 0 saturated carbocycles. The molecule has 0 aromatic heterocycles. The average Bonchev–Trinajstić information content (AvgIpc) is 2.76. The zero-order valence-corrected chi connectivity index (χ0v) is 17.4. The summed E-state index contributed by atoms with van der Waals surface area (Å²) in [6, 6.07) is 18.2. The second-order valence-corrected chi connectivity index (χ2v) is 7.89. The molecule has 1 aliphatic rings. The Morgan fingerprint density at radius 1 is 0.900 bits per heavy atom. The summed E-state index contributed by atoms with van der Waals surface area (Å²) in [6.07, 6.45) is -0.978. The second-order valence-electron chi connectivity index (χ2n) is 7.89. The molecule has 2 amide bonds. The number of nitrogens with zero attached hydrogens (tertiary/aromatic N) is 2. The van der Waals surface area contributed by atoms with Crippen LogP contribution in [-0.2, 0) is 22.7 Å². The molecule has 7 nitrogen and oxygen atoms in total. The number of piperazine rings is 1. The zero-order valence-electron chi connectivity index (χ0n) is 17.4. The molecule has 0 radical (unpaired) electrons. The molecule has 1 N–H and O–H groups in total. The third kappa shape index (κ3) is 5.73. The zero-order chi connectivity index (χ0) is 21.6. The number of hydrogen-bond donors (Lipinski definition) is 1. The van der Waals surface area contributed by atoms with Crippen LogP contribution in [0.3, 0.4) is 0 Å². The maximum Gasteiger partial charge on any atom is 0.410 e. The Labute approximate surface area is 176 Å². The van der Waals surface area contributed by atoms with Crippen LogP contribution < -0.4 is 0 Å². The topological polar surface area (TPSA) is 79.3 Å². The van der Waals surface area contributed by atoms with Crippen molar-refractivity contribution in [2.45, 2.75) is 38.7 Å². The molecule has 2 aromatic carbocycles. The van der Waals surface area contributed by atoms with Gasteiger partial charge in [-0.2, -0.15) is 0 Å². The summed E-state index contributed by atoms with van der Waals surface area (Å²) in [5, 5.41) is 10.6. The van der Waals surface area contributed by atoms with E-state index in [0.717, 1.165) is 11.1 Å². The van der Waals surface area contributed by atoms with Gasteiger partial charge in [0, 0.05) is 19.6 Å². The third-order valence-corrected chi connectivity index (χ3v) is 5.10. The lowest BCUT2D eigenvalue weighted by molar-refractivity contribution is -0.0522. The summed E-state index contributed by atoms with van der Waals surface area (Å²) in [5.74, 6) is 0. The molecule has 1 fully saturated rings. The van der Waals surface area contributed by atoms with Crippen LogP contribution in [0.2, 0.25) is 0 Å². The van der Waals surface area contributed by atoms with Crippen LogP contribution in [0.1, 0.15) is 25.0 Å². The van der Waals surface area contributed by atoms with Crippen molar-refractivity contribution in [3.63, 3.8) is 0 Å². The smallest absolute Gasteiger partial charge is 0.410 e. The summed E-state index contributed by atoms with van der Waals surface area (Å²) in [7, 11) is 0. The molecule has 0 spiro atoms. The van der Waals surface area contributed by atoms with Crippen molar-refractivity contribution in [1.29, 1.82) is 0 Å². The van der Waals surface area contributed by atoms with Crippen LogP contribution >= 0.6 is 0 Å². The van der Waals surface area contributed by atoms with E-state index in [4.69, 9.17) is 9.47 Å². The van der Waals surface area contributed by atoms with E-state index in [9.17, 15) is 14.7 Å². The first-order valence-corrected chi connectivity index (χ1v) is 10.00. The number of aliphatic hydroxyl groups is 1. The highest BCUT2D eigenvalue weighted by Gasteiger charge is 2.41. The van der Waals surface area contributed by atoms with Crippen molar-refractivity contribution < 1.29 is 24.2 Å². The molecular formula is C23H28N2O5. The van der Waals surface area contributed by atoms with Gasteiger partial charge >= 0.3 is 12.2 Å². The first kappa shape index (κ1) is 21.6. The van der Waals surface area contributed by atoms with Crippen LogP contribution in [0.5, 0.6) is 0 Å². The van der Waals surface area contributed by atoms with Gasteiger partial charge in [-0.1, -0.05) is 60.7 Å². The summed E-state index contributed by atoms with van der Waals surface area (Å²) < 4.78 is 10.8. The Morgan fingerprint density at radius 2 is 1.40 bits per heavy atom. The van der Waals surface area contributed by atoms with Crippen molar-refractivity contribution in [2.75, 3.05) is 19.6 Å². The van der Waals surface area contributed by atoms with Crippen molar-refractivity contribution in [1.82, 2.24) is 9.80 Å². The van der Waals surface area contributed by atoms with Gasteiger partial charge < -0.3 is 19.5 Å². The van der Waals surface area contributed by atoms with Gasteiger partial charge in [-0.3, -0.25) is 4.90 Å². The molecule has 1 saturated heterocycles. The van der Waals surface area contributed by atoms with Crippen molar-refractivity contribution in [3.8, 4) is 0 Å². The molecule has 1 atom stereocenters. The van der Waals surface area contributed by atoms with Crippen LogP contribution in [-0.4, -0.2) is 58.4 Å². The Morgan fingerprint density at radius 3 is 1.90 bits per heavy atom. The molecule has 7 heteroatoms. The van der Waals surface area contributed by atoms with Gasteiger partial charge in [-0.15, -0.1) is 0 Å². The number of carbonyl (C=O) groups is 2. The average molecular weight is 412 g/mol. The van der Waals surface area contributed by atoms with Gasteiger partial charge in [-0.05, 0) is 25.0 Å². The Bertz CT molecular complexity index is 836. The number of hydrogen-bond acceptors (Lipinski definition) is 5. The van der Waals surface area contributed by atoms with Crippen molar-refractivity contribution in [2.24, 2.45) is 0 Å². The highest BCUT2D eigenvalue weighted by molar-refractivity contribution is 5.71. The highest BCUT2D eigenvalue weighted by atomic mass is 16.6. The largest absolute Gasteiger partial charge is 0.445 e. The monoisotopic (exact) mass is 412 g/mol. The van der Waals surface area contributed by atoms with E-state index in [0.29, 0.717) is 6.54 Å². The van der Waals surface area contributed by atoms with Gasteiger partial charge in [0.25, 0.3) is 0 Å². The number of ether oxygens (including phenoxy) is 2. The van der Waals surface area contributed by atoms with Crippen LogP contribution in [0.4, 0.5) is 9.59 Å². The molecule has 1 heterocycles. The Kier molecular flexibility index (Phi) is 6.95. The Balaban J connectivity index is 1.59. The second kappa shape index (κ2) is 9.63. The van der Waals surface area contributed by atoms with Crippen LogP contribution in [0.15, 0.2) is 60.7 Å². The standard InChI is InChI=1S/C23H28N2O5/c1-23(2,28)20-15-24(21(26)29-16-18-9-5-3-6-10-18)13-14-25(20)22(27)30-17-19-11-7-4-8-12-19/h3-12,20,28H,13-17H2,1-2H3. The lowest BCUT2D eigenvalue weighted by Crippen LogP contribution is -2.63. The fourth-order valence-corrected chi connectivity index (χ4v) is 3.38. The minimum Gasteiger partial charge on any atom is -0.445 e. The third-order valence-electron chi connectivity index (χ3n) is 5.10. The first-order chi connectivity index (χ1) is 14.3. The van der Waals surface area contributed by atoms with Gasteiger partial charge in [0.2, 0.25) is 0 Å². The molecule has 160 valence electrons. The summed E-state index contributed by atoms with van der Waals surface area (Å²) >= 11 is 0. The molecular weight excluding hydrogens is 384 g/mol. The number of benzene rings is 2. The fraction of sp³-hybridized carbons (Fsp3) is 0.391. The maximum absolute atomic E-state index is 12.7. The predicted molar refractivity (Wildman–Crippen MR) is 112 cm³/mol. The quantitative estimate of drug-likeness (QED) is 0.814. The number of carbonyl (C=O) groups excluding carboxylic acids is 2. The van der Waals surface area contributed by atoms with E-state index in [1.54, 1.807) is 13.8 Å². The van der Waals surface area contributed by atoms with E-state index in [-0.39, 0.29) is 26.3 Å². The van der Waals surface area contributed by atoms with E-state index in [1.165, 1.54) is 9.80 Å². The van der Waals surface area contributed by atoms with Crippen LogP contribution in [0.25, 0.3) is 0 Å². The van der Waals surface area contributed by atoms with Crippen molar-refractivity contribution in [3.05, 3.63) is 71.8 Å². The molecule has 0 bridgehead atoms. The maximum atomic E-state index is 12.7. The molecule has 0 aliphatic carbocycles. The van der Waals surface area contributed by atoms with E-state index >= 15 is 0 Å². The molecule has 30 heavy (non-hydrogen) atoms. The van der Waals surface area contributed by atoms with E-state index in [2.05, 4.69) is 0 Å². The number of rotatable bonds is 5. The minimum atomic E-state index is -1.22. The number of amides is 2. The fourth-order valence-electron chi connectivity index (χ4n) is 3.38. The predicted octanol–water partition coefficient (Wildman–Crippen LogP) is 3.42. The van der Waals surface area contributed by atoms with Gasteiger partial charge in [0.1, 0.15) is 13.2 Å². The normalized spacial score (nSPS) is 16.8. The molecule has 2 aromatic rings. The minimum absolute atomic E-state index is 0.150. The molecule has 1 aliphatic heterocycles. The molecule has 3 rings (SSSR count). The van der Waals surface area contributed by atoms with Gasteiger partial charge in [0.15, 0.2) is 0 Å². The van der Waals surface area contributed by atoms with Gasteiger partial charge in [0.05, 0.1) is 11.6 Å². The molecule has 1 unspecified atom stereocenters. The van der Waals surface area contributed by atoms with Crippen LogP contribution in [0, 0.1) is 0 Å². The SMILES string of the molecule is CC(C)(O)C1CN(C(=O)OCc2ccccc2)CCN1C(=O)OCc1ccccc1. The summed E-state index contributed by atoms with van der Waals surface area (Å²) in [4.78, 5) is 28.2. The lowest BCUT2D eigenvalue weighted by atomic mass is 9.95.